The topological polar surface area (TPSA) is 38.0 Å². The van der Waals surface area contributed by atoms with Crippen molar-refractivity contribution in [1.82, 2.24) is 4.90 Å². The lowest BCUT2D eigenvalue weighted by molar-refractivity contribution is 0.419. The first kappa shape index (κ1) is 13.8. The number of aliphatic imine (C=N–C) groups is 1. The molecule has 0 atom stereocenters. The van der Waals surface area contributed by atoms with Crippen molar-refractivity contribution in [3.8, 4) is 5.75 Å². The van der Waals surface area contributed by atoms with E-state index in [1.807, 2.05) is 17.8 Å². The Morgan fingerprint density at radius 1 is 1.41 bits per heavy atom. The third kappa shape index (κ3) is 2.03. The third-order valence-electron chi connectivity index (χ3n) is 4.05. The number of furan rings is 1. The van der Waals surface area contributed by atoms with Crippen molar-refractivity contribution in [1.29, 1.82) is 0 Å². The predicted octanol–water partition coefficient (Wildman–Crippen LogP) is 4.33. The van der Waals surface area contributed by atoms with Gasteiger partial charge in [0, 0.05) is 17.0 Å². The van der Waals surface area contributed by atoms with E-state index in [0.29, 0.717) is 0 Å². The highest BCUT2D eigenvalue weighted by molar-refractivity contribution is 8.17. The van der Waals surface area contributed by atoms with Gasteiger partial charge in [0.15, 0.2) is 5.17 Å². The Kier molecular flexibility index (Phi) is 3.37. The summed E-state index contributed by atoms with van der Waals surface area (Å²) >= 11 is 1.81. The number of fused-ring (bicyclic) bond motifs is 2. The SMILES string of the molecule is CCCC1=C(c2cc(OC)c3ccoc3c2)N2CCN=C2S1. The van der Waals surface area contributed by atoms with Crippen molar-refractivity contribution in [2.24, 2.45) is 4.99 Å². The molecule has 0 radical (unpaired) electrons. The number of ether oxygens (including phenoxy) is 1. The molecule has 1 aromatic carbocycles. The molecule has 1 aromatic heterocycles. The molecule has 0 unspecified atom stereocenters. The normalized spacial score (nSPS) is 17.4. The van der Waals surface area contributed by atoms with Gasteiger partial charge in [-0.15, -0.1) is 0 Å². The minimum absolute atomic E-state index is 0.860. The number of allylic oxidation sites excluding steroid dienone is 1. The molecular weight excluding hydrogens is 296 g/mol. The average Bonchev–Trinajstić information content (AvgIpc) is 3.20. The molecule has 4 rings (SSSR count). The van der Waals surface area contributed by atoms with Crippen molar-refractivity contribution < 1.29 is 9.15 Å². The maximum atomic E-state index is 5.61. The maximum Gasteiger partial charge on any atom is 0.168 e. The fourth-order valence-electron chi connectivity index (χ4n) is 3.09. The van der Waals surface area contributed by atoms with Crippen molar-refractivity contribution in [3.05, 3.63) is 34.9 Å². The Morgan fingerprint density at radius 3 is 3.14 bits per heavy atom. The highest BCUT2D eigenvalue weighted by Gasteiger charge is 2.32. The molecule has 4 nitrogen and oxygen atoms in total. The van der Waals surface area contributed by atoms with Gasteiger partial charge in [0.2, 0.25) is 0 Å². The lowest BCUT2D eigenvalue weighted by Crippen LogP contribution is -2.20. The van der Waals surface area contributed by atoms with E-state index in [1.54, 1.807) is 13.4 Å². The van der Waals surface area contributed by atoms with E-state index in [1.165, 1.54) is 10.6 Å². The number of rotatable bonds is 4. The summed E-state index contributed by atoms with van der Waals surface area (Å²) in [5.41, 5.74) is 3.30. The second-order valence-corrected chi connectivity index (χ2v) is 6.51. The van der Waals surface area contributed by atoms with Crippen LogP contribution in [0.15, 0.2) is 38.8 Å². The number of hydrogen-bond acceptors (Lipinski definition) is 5. The first-order valence-corrected chi connectivity index (χ1v) is 8.42. The van der Waals surface area contributed by atoms with E-state index in [2.05, 4.69) is 28.9 Å². The number of hydrogen-bond donors (Lipinski definition) is 0. The van der Waals surface area contributed by atoms with E-state index in [0.717, 1.165) is 53.4 Å². The summed E-state index contributed by atoms with van der Waals surface area (Å²) in [7, 11) is 1.71. The standard InChI is InChI=1S/C17H18N2O2S/c1-3-4-15-16(19-7-6-18-17(19)22-15)11-9-13(20-2)12-5-8-21-14(12)10-11/h5,8-10H,3-4,6-7H2,1-2H3. The summed E-state index contributed by atoms with van der Waals surface area (Å²) in [5, 5.41) is 2.15. The summed E-state index contributed by atoms with van der Waals surface area (Å²) < 4.78 is 11.2. The van der Waals surface area contributed by atoms with Crippen LogP contribution in [0.25, 0.3) is 16.7 Å². The fourth-order valence-corrected chi connectivity index (χ4v) is 4.39. The van der Waals surface area contributed by atoms with E-state index >= 15 is 0 Å². The van der Waals surface area contributed by atoms with E-state index in [4.69, 9.17) is 9.15 Å². The Hall–Kier alpha value is -1.88. The van der Waals surface area contributed by atoms with E-state index in [9.17, 15) is 0 Å². The van der Waals surface area contributed by atoms with Crippen molar-refractivity contribution in [2.45, 2.75) is 19.8 Å². The molecule has 0 fully saturated rings. The minimum Gasteiger partial charge on any atom is -0.496 e. The largest absolute Gasteiger partial charge is 0.496 e. The first-order valence-electron chi connectivity index (χ1n) is 7.60. The van der Waals surface area contributed by atoms with Crippen LogP contribution in [0.2, 0.25) is 0 Å². The summed E-state index contributed by atoms with van der Waals surface area (Å²) in [6.07, 6.45) is 3.92. The molecule has 5 heteroatoms. The van der Waals surface area contributed by atoms with Gasteiger partial charge in [0.1, 0.15) is 11.3 Å². The van der Waals surface area contributed by atoms with Gasteiger partial charge >= 0.3 is 0 Å². The molecule has 0 spiro atoms. The molecule has 3 heterocycles. The second kappa shape index (κ2) is 5.39. The van der Waals surface area contributed by atoms with Gasteiger partial charge in [-0.3, -0.25) is 4.99 Å². The molecule has 114 valence electrons. The van der Waals surface area contributed by atoms with Gasteiger partial charge in [0.25, 0.3) is 0 Å². The summed E-state index contributed by atoms with van der Waals surface area (Å²) in [6.45, 7) is 4.06. The molecule has 22 heavy (non-hydrogen) atoms. The Bertz CT molecular complexity index is 791. The third-order valence-corrected chi connectivity index (χ3v) is 5.23. The highest BCUT2D eigenvalue weighted by atomic mass is 32.2. The van der Waals surface area contributed by atoms with Crippen LogP contribution in [0.4, 0.5) is 0 Å². The van der Waals surface area contributed by atoms with Gasteiger partial charge < -0.3 is 14.1 Å². The lowest BCUT2D eigenvalue weighted by atomic mass is 10.1. The molecular formula is C17H18N2O2S. The molecule has 2 aromatic rings. The van der Waals surface area contributed by atoms with E-state index < -0.39 is 0 Å². The number of methoxy groups -OCH3 is 1. The Balaban J connectivity index is 1.88. The first-order chi connectivity index (χ1) is 10.8. The van der Waals surface area contributed by atoms with Crippen LogP contribution < -0.4 is 4.74 Å². The molecule has 2 aliphatic rings. The molecule has 2 aliphatic heterocycles. The molecule has 0 aliphatic carbocycles. The summed E-state index contributed by atoms with van der Waals surface area (Å²) in [6, 6.07) is 6.18. The Morgan fingerprint density at radius 2 is 2.32 bits per heavy atom. The van der Waals surface area contributed by atoms with Crippen LogP contribution in [0.5, 0.6) is 5.75 Å². The van der Waals surface area contributed by atoms with E-state index in [-0.39, 0.29) is 0 Å². The second-order valence-electron chi connectivity index (χ2n) is 5.45. The molecule has 0 saturated heterocycles. The quantitative estimate of drug-likeness (QED) is 0.842. The maximum absolute atomic E-state index is 5.61. The van der Waals surface area contributed by atoms with Gasteiger partial charge in [-0.1, -0.05) is 25.1 Å². The number of nitrogens with zero attached hydrogens (tertiary/aromatic N) is 2. The zero-order chi connectivity index (χ0) is 15.1. The number of benzene rings is 1. The van der Waals surface area contributed by atoms with Gasteiger partial charge in [-0.05, 0) is 24.6 Å². The van der Waals surface area contributed by atoms with Crippen LogP contribution in [0, 0.1) is 0 Å². The smallest absolute Gasteiger partial charge is 0.168 e. The molecule has 0 saturated carbocycles. The van der Waals surface area contributed by atoms with Crippen LogP contribution in [0.1, 0.15) is 25.3 Å². The van der Waals surface area contributed by atoms with Crippen LogP contribution in [0.3, 0.4) is 0 Å². The molecule has 0 bridgehead atoms. The van der Waals surface area contributed by atoms with Crippen LogP contribution in [-0.2, 0) is 0 Å². The van der Waals surface area contributed by atoms with Crippen molar-refractivity contribution >= 4 is 33.6 Å². The zero-order valence-electron chi connectivity index (χ0n) is 12.8. The lowest BCUT2D eigenvalue weighted by Gasteiger charge is -2.18. The molecule has 0 amide bonds. The van der Waals surface area contributed by atoms with Crippen molar-refractivity contribution in [2.75, 3.05) is 20.2 Å². The summed E-state index contributed by atoms with van der Waals surface area (Å²) in [4.78, 5) is 8.34. The van der Waals surface area contributed by atoms with Crippen molar-refractivity contribution in [3.63, 3.8) is 0 Å². The zero-order valence-corrected chi connectivity index (χ0v) is 13.6. The highest BCUT2D eigenvalue weighted by Crippen LogP contribution is 2.45. The summed E-state index contributed by atoms with van der Waals surface area (Å²) in [5.74, 6) is 0.860. The predicted molar refractivity (Wildman–Crippen MR) is 91.2 cm³/mol. The fraction of sp³-hybridized carbons (Fsp3) is 0.353. The van der Waals surface area contributed by atoms with Crippen LogP contribution in [-0.4, -0.2) is 30.3 Å². The molecule has 0 N–H and O–H groups in total. The Labute approximate surface area is 133 Å². The average molecular weight is 314 g/mol. The van der Waals surface area contributed by atoms with Gasteiger partial charge in [-0.2, -0.15) is 0 Å². The van der Waals surface area contributed by atoms with Crippen LogP contribution >= 0.6 is 11.8 Å². The number of amidine groups is 1. The minimum atomic E-state index is 0.860. The number of thioether (sulfide) groups is 1. The monoisotopic (exact) mass is 314 g/mol. The van der Waals surface area contributed by atoms with Gasteiger partial charge in [-0.25, -0.2) is 0 Å². The van der Waals surface area contributed by atoms with Gasteiger partial charge in [0.05, 0.1) is 31.0 Å².